The first kappa shape index (κ1) is 15.3. The van der Waals surface area contributed by atoms with Gasteiger partial charge in [-0.15, -0.1) is 0 Å². The zero-order chi connectivity index (χ0) is 15.1. The Labute approximate surface area is 125 Å². The fourth-order valence-electron chi connectivity index (χ4n) is 2.31. The van der Waals surface area contributed by atoms with E-state index in [-0.39, 0.29) is 6.03 Å². The van der Waals surface area contributed by atoms with Crippen molar-refractivity contribution >= 4 is 22.5 Å². The van der Waals surface area contributed by atoms with E-state index in [1.165, 1.54) is 0 Å². The number of hydrogen-bond donors (Lipinski definition) is 1. The van der Waals surface area contributed by atoms with Gasteiger partial charge in [-0.3, -0.25) is 0 Å². The third-order valence-corrected chi connectivity index (χ3v) is 3.38. The Hall–Kier alpha value is -2.07. The monoisotopic (exact) mass is 286 g/mol. The lowest BCUT2D eigenvalue weighted by atomic mass is 10.1. The highest BCUT2D eigenvalue weighted by Gasteiger charge is 2.13. The van der Waals surface area contributed by atoms with E-state index in [9.17, 15) is 4.79 Å². The molecular weight excluding hydrogens is 264 g/mol. The number of amides is 2. The van der Waals surface area contributed by atoms with Gasteiger partial charge in [-0.1, -0.05) is 43.3 Å². The average molecular weight is 286 g/mol. The van der Waals surface area contributed by atoms with Crippen molar-refractivity contribution in [2.75, 3.05) is 32.1 Å². The molecule has 0 unspecified atom stereocenters. The van der Waals surface area contributed by atoms with Crippen LogP contribution in [0, 0.1) is 0 Å². The number of rotatable bonds is 6. The van der Waals surface area contributed by atoms with E-state index in [0.717, 1.165) is 29.4 Å². The molecule has 0 aliphatic rings. The Balaban J connectivity index is 2.16. The van der Waals surface area contributed by atoms with Crippen LogP contribution in [-0.2, 0) is 4.74 Å². The number of anilines is 1. The molecule has 0 aliphatic heterocycles. The Morgan fingerprint density at radius 2 is 1.90 bits per heavy atom. The summed E-state index contributed by atoms with van der Waals surface area (Å²) in [6.07, 6.45) is 0.923. The average Bonchev–Trinajstić information content (AvgIpc) is 2.51. The van der Waals surface area contributed by atoms with Gasteiger partial charge in [-0.25, -0.2) is 4.79 Å². The number of benzene rings is 2. The molecule has 0 bridgehead atoms. The van der Waals surface area contributed by atoms with Gasteiger partial charge < -0.3 is 15.0 Å². The summed E-state index contributed by atoms with van der Waals surface area (Å²) in [6, 6.07) is 13.9. The van der Waals surface area contributed by atoms with Crippen molar-refractivity contribution < 1.29 is 9.53 Å². The van der Waals surface area contributed by atoms with Gasteiger partial charge in [-0.2, -0.15) is 0 Å². The molecule has 0 heterocycles. The van der Waals surface area contributed by atoms with Crippen LogP contribution >= 0.6 is 0 Å². The molecule has 0 saturated carbocycles. The molecule has 0 aromatic heterocycles. The second-order valence-electron chi connectivity index (χ2n) is 4.94. The molecule has 1 N–H and O–H groups in total. The minimum Gasteiger partial charge on any atom is -0.383 e. The van der Waals surface area contributed by atoms with E-state index in [2.05, 4.69) is 12.2 Å². The lowest BCUT2D eigenvalue weighted by Gasteiger charge is -2.22. The highest BCUT2D eigenvalue weighted by atomic mass is 16.5. The van der Waals surface area contributed by atoms with Gasteiger partial charge in [0.1, 0.15) is 0 Å². The molecule has 4 nitrogen and oxygen atoms in total. The Kier molecular flexibility index (Phi) is 5.58. The SMILES string of the molecule is CCCN(CCOC)C(=O)Nc1cccc2ccccc12. The molecule has 2 rings (SSSR count). The molecule has 0 aliphatic carbocycles. The lowest BCUT2D eigenvalue weighted by Crippen LogP contribution is -2.37. The molecule has 0 radical (unpaired) electrons. The fraction of sp³-hybridized carbons (Fsp3) is 0.353. The molecule has 2 aromatic carbocycles. The summed E-state index contributed by atoms with van der Waals surface area (Å²) < 4.78 is 5.07. The van der Waals surface area contributed by atoms with Gasteiger partial charge in [0.15, 0.2) is 0 Å². The van der Waals surface area contributed by atoms with Crippen LogP contribution in [0.1, 0.15) is 13.3 Å². The van der Waals surface area contributed by atoms with E-state index < -0.39 is 0 Å². The van der Waals surface area contributed by atoms with Crippen molar-refractivity contribution in [1.82, 2.24) is 4.90 Å². The molecule has 21 heavy (non-hydrogen) atoms. The summed E-state index contributed by atoms with van der Waals surface area (Å²) in [5.41, 5.74) is 0.844. The second kappa shape index (κ2) is 7.64. The third kappa shape index (κ3) is 3.95. The largest absolute Gasteiger partial charge is 0.383 e. The van der Waals surface area contributed by atoms with Crippen molar-refractivity contribution in [2.45, 2.75) is 13.3 Å². The predicted octanol–water partition coefficient (Wildman–Crippen LogP) is 3.73. The highest BCUT2D eigenvalue weighted by Crippen LogP contribution is 2.23. The van der Waals surface area contributed by atoms with Gasteiger partial charge in [0.2, 0.25) is 0 Å². The van der Waals surface area contributed by atoms with Crippen LogP contribution in [0.25, 0.3) is 10.8 Å². The first-order valence-electron chi connectivity index (χ1n) is 7.29. The van der Waals surface area contributed by atoms with E-state index in [1.54, 1.807) is 12.0 Å². The normalized spacial score (nSPS) is 10.6. The number of carbonyl (C=O) groups is 1. The predicted molar refractivity (Wildman–Crippen MR) is 86.7 cm³/mol. The number of carbonyl (C=O) groups excluding carboxylic acids is 1. The number of methoxy groups -OCH3 is 1. The van der Waals surface area contributed by atoms with Gasteiger partial charge in [0.25, 0.3) is 0 Å². The minimum absolute atomic E-state index is 0.0785. The standard InChI is InChI=1S/C17H22N2O2/c1-3-11-19(12-13-21-2)17(20)18-16-10-6-8-14-7-4-5-9-15(14)16/h4-10H,3,11-13H2,1-2H3,(H,18,20). The van der Waals surface area contributed by atoms with Crippen molar-refractivity contribution in [1.29, 1.82) is 0 Å². The number of nitrogens with one attached hydrogen (secondary N) is 1. The zero-order valence-corrected chi connectivity index (χ0v) is 12.6. The Morgan fingerprint density at radius 1 is 1.14 bits per heavy atom. The van der Waals surface area contributed by atoms with Gasteiger partial charge in [-0.05, 0) is 17.9 Å². The molecule has 112 valence electrons. The second-order valence-corrected chi connectivity index (χ2v) is 4.94. The number of hydrogen-bond acceptors (Lipinski definition) is 2. The van der Waals surface area contributed by atoms with E-state index in [0.29, 0.717) is 13.2 Å². The number of fused-ring (bicyclic) bond motifs is 1. The molecule has 0 spiro atoms. The first-order chi connectivity index (χ1) is 10.3. The molecule has 0 atom stereocenters. The summed E-state index contributed by atoms with van der Waals surface area (Å²) in [5.74, 6) is 0. The van der Waals surface area contributed by atoms with E-state index in [1.807, 2.05) is 42.5 Å². The molecule has 0 fully saturated rings. The maximum Gasteiger partial charge on any atom is 0.321 e. The van der Waals surface area contributed by atoms with Gasteiger partial charge in [0, 0.05) is 25.6 Å². The van der Waals surface area contributed by atoms with Crippen LogP contribution in [0.2, 0.25) is 0 Å². The third-order valence-electron chi connectivity index (χ3n) is 3.38. The summed E-state index contributed by atoms with van der Waals surface area (Å²) in [4.78, 5) is 14.2. The van der Waals surface area contributed by atoms with Crippen LogP contribution in [0.4, 0.5) is 10.5 Å². The van der Waals surface area contributed by atoms with Crippen LogP contribution in [0.15, 0.2) is 42.5 Å². The van der Waals surface area contributed by atoms with Gasteiger partial charge in [0.05, 0.1) is 12.3 Å². The van der Waals surface area contributed by atoms with Crippen molar-refractivity contribution in [3.8, 4) is 0 Å². The number of nitrogens with zero attached hydrogens (tertiary/aromatic N) is 1. The molecule has 0 saturated heterocycles. The van der Waals surface area contributed by atoms with E-state index >= 15 is 0 Å². The quantitative estimate of drug-likeness (QED) is 0.879. The summed E-state index contributed by atoms with van der Waals surface area (Å²) >= 11 is 0. The van der Waals surface area contributed by atoms with Crippen LogP contribution < -0.4 is 5.32 Å². The maximum atomic E-state index is 12.4. The number of ether oxygens (including phenoxy) is 1. The molecule has 2 aromatic rings. The molecular formula is C17H22N2O2. The van der Waals surface area contributed by atoms with Crippen molar-refractivity contribution in [2.24, 2.45) is 0 Å². The van der Waals surface area contributed by atoms with Crippen molar-refractivity contribution in [3.63, 3.8) is 0 Å². The lowest BCUT2D eigenvalue weighted by molar-refractivity contribution is 0.155. The summed E-state index contributed by atoms with van der Waals surface area (Å²) in [7, 11) is 1.65. The van der Waals surface area contributed by atoms with E-state index in [4.69, 9.17) is 4.74 Å². The Morgan fingerprint density at radius 3 is 2.67 bits per heavy atom. The zero-order valence-electron chi connectivity index (χ0n) is 12.6. The maximum absolute atomic E-state index is 12.4. The molecule has 4 heteroatoms. The fourth-order valence-corrected chi connectivity index (χ4v) is 2.31. The van der Waals surface area contributed by atoms with Crippen LogP contribution in [0.5, 0.6) is 0 Å². The topological polar surface area (TPSA) is 41.6 Å². The summed E-state index contributed by atoms with van der Waals surface area (Å²) in [6.45, 7) is 3.93. The number of urea groups is 1. The highest BCUT2D eigenvalue weighted by molar-refractivity contribution is 6.01. The van der Waals surface area contributed by atoms with Crippen molar-refractivity contribution in [3.05, 3.63) is 42.5 Å². The summed E-state index contributed by atoms with van der Waals surface area (Å²) in [5, 5.41) is 5.18. The van der Waals surface area contributed by atoms with Gasteiger partial charge >= 0.3 is 6.03 Å². The first-order valence-corrected chi connectivity index (χ1v) is 7.29. The van der Waals surface area contributed by atoms with Crippen LogP contribution in [-0.4, -0.2) is 37.7 Å². The molecule has 2 amide bonds. The Bertz CT molecular complexity index is 593. The van der Waals surface area contributed by atoms with Crippen LogP contribution in [0.3, 0.4) is 0 Å². The minimum atomic E-state index is -0.0785. The smallest absolute Gasteiger partial charge is 0.321 e.